The maximum Gasteiger partial charge on any atom is 0.234 e. The average molecular weight is 255 g/mol. The predicted molar refractivity (Wildman–Crippen MR) is 67.9 cm³/mol. The molecule has 0 aromatic carbocycles. The molecule has 1 fully saturated rings. The zero-order chi connectivity index (χ0) is 13.5. The minimum absolute atomic E-state index is 0.0491. The summed E-state index contributed by atoms with van der Waals surface area (Å²) in [5.41, 5.74) is 0. The molecule has 102 valence electrons. The molecule has 0 aromatic rings. The maximum absolute atomic E-state index is 11.5. The van der Waals surface area contributed by atoms with Gasteiger partial charge in [0.15, 0.2) is 0 Å². The number of nitrogens with one attached hydrogen (secondary N) is 1. The number of carbonyl (C=O) groups is 2. The molecule has 6 nitrogen and oxygen atoms in total. The van der Waals surface area contributed by atoms with Gasteiger partial charge in [0.25, 0.3) is 0 Å². The summed E-state index contributed by atoms with van der Waals surface area (Å²) in [5.74, 6) is -0.148. The van der Waals surface area contributed by atoms with Gasteiger partial charge in [-0.05, 0) is 0 Å². The van der Waals surface area contributed by atoms with Gasteiger partial charge in [-0.25, -0.2) is 0 Å². The molecule has 1 unspecified atom stereocenters. The number of aliphatic hydroxyl groups excluding tert-OH is 1. The summed E-state index contributed by atoms with van der Waals surface area (Å²) in [5, 5.41) is 12.5. The number of hydrogen-bond acceptors (Lipinski definition) is 4. The minimum Gasteiger partial charge on any atom is -0.390 e. The minimum atomic E-state index is -0.608. The van der Waals surface area contributed by atoms with E-state index in [1.165, 1.54) is 6.92 Å². The van der Waals surface area contributed by atoms with Crippen LogP contribution in [0.1, 0.15) is 6.92 Å². The van der Waals surface area contributed by atoms with Crippen LogP contribution in [0, 0.1) is 0 Å². The Hall–Kier alpha value is -1.40. The van der Waals surface area contributed by atoms with Crippen LogP contribution in [0.15, 0.2) is 12.7 Å². The molecule has 2 N–H and O–H groups in total. The highest BCUT2D eigenvalue weighted by Gasteiger charge is 2.23. The SMILES string of the molecule is C=CCNC(=O)CN1CCN(C(C)=O)CC(O)C1. The van der Waals surface area contributed by atoms with E-state index < -0.39 is 6.10 Å². The van der Waals surface area contributed by atoms with E-state index in [-0.39, 0.29) is 18.4 Å². The van der Waals surface area contributed by atoms with Crippen molar-refractivity contribution in [2.24, 2.45) is 0 Å². The van der Waals surface area contributed by atoms with E-state index in [0.29, 0.717) is 32.7 Å². The summed E-state index contributed by atoms with van der Waals surface area (Å²) < 4.78 is 0. The average Bonchev–Trinajstić information content (AvgIpc) is 2.48. The molecule has 0 aromatic heterocycles. The van der Waals surface area contributed by atoms with Crippen LogP contribution in [0.2, 0.25) is 0 Å². The van der Waals surface area contributed by atoms with Gasteiger partial charge in [0, 0.05) is 39.6 Å². The summed E-state index contributed by atoms with van der Waals surface area (Å²) in [6.07, 6.45) is 1.01. The Labute approximate surface area is 107 Å². The highest BCUT2D eigenvalue weighted by atomic mass is 16.3. The van der Waals surface area contributed by atoms with Crippen molar-refractivity contribution in [1.29, 1.82) is 0 Å². The molecule has 0 aliphatic carbocycles. The van der Waals surface area contributed by atoms with E-state index in [4.69, 9.17) is 0 Å². The van der Waals surface area contributed by atoms with Gasteiger partial charge in [-0.15, -0.1) is 6.58 Å². The van der Waals surface area contributed by atoms with Crippen LogP contribution in [0.4, 0.5) is 0 Å². The van der Waals surface area contributed by atoms with E-state index in [0.717, 1.165) is 0 Å². The van der Waals surface area contributed by atoms with Gasteiger partial charge in [0.2, 0.25) is 11.8 Å². The van der Waals surface area contributed by atoms with Crippen LogP contribution in [0.25, 0.3) is 0 Å². The molecule has 6 heteroatoms. The van der Waals surface area contributed by atoms with Crippen molar-refractivity contribution in [3.63, 3.8) is 0 Å². The number of amides is 2. The summed E-state index contributed by atoms with van der Waals surface area (Å²) in [4.78, 5) is 26.3. The molecule has 18 heavy (non-hydrogen) atoms. The van der Waals surface area contributed by atoms with Crippen LogP contribution in [0.5, 0.6) is 0 Å². The van der Waals surface area contributed by atoms with E-state index in [2.05, 4.69) is 11.9 Å². The fraction of sp³-hybridized carbons (Fsp3) is 0.667. The number of β-amino-alcohol motifs (C(OH)–C–C–N with tert-alkyl or cyclic N) is 1. The fourth-order valence-electron chi connectivity index (χ4n) is 1.93. The van der Waals surface area contributed by atoms with Gasteiger partial charge in [0.1, 0.15) is 0 Å². The summed E-state index contributed by atoms with van der Waals surface area (Å²) in [6, 6.07) is 0. The molecule has 2 amide bonds. The first-order chi connectivity index (χ1) is 8.52. The molecule has 1 rings (SSSR count). The number of rotatable bonds is 4. The molecule has 1 aliphatic rings. The predicted octanol–water partition coefficient (Wildman–Crippen LogP) is -1.19. The van der Waals surface area contributed by atoms with Crippen molar-refractivity contribution in [2.45, 2.75) is 13.0 Å². The quantitative estimate of drug-likeness (QED) is 0.620. The lowest BCUT2D eigenvalue weighted by Gasteiger charge is -2.20. The second-order valence-corrected chi connectivity index (χ2v) is 4.45. The molecule has 1 saturated heterocycles. The van der Waals surface area contributed by atoms with Crippen molar-refractivity contribution in [3.05, 3.63) is 12.7 Å². The lowest BCUT2D eigenvalue weighted by molar-refractivity contribution is -0.129. The topological polar surface area (TPSA) is 72.9 Å². The fourth-order valence-corrected chi connectivity index (χ4v) is 1.93. The van der Waals surface area contributed by atoms with Gasteiger partial charge in [0.05, 0.1) is 12.6 Å². The number of hydrogen-bond donors (Lipinski definition) is 2. The van der Waals surface area contributed by atoms with Crippen molar-refractivity contribution in [2.75, 3.05) is 39.3 Å². The van der Waals surface area contributed by atoms with E-state index in [9.17, 15) is 14.7 Å². The van der Waals surface area contributed by atoms with Crippen molar-refractivity contribution in [1.82, 2.24) is 15.1 Å². The number of aliphatic hydroxyl groups is 1. The van der Waals surface area contributed by atoms with Gasteiger partial charge >= 0.3 is 0 Å². The van der Waals surface area contributed by atoms with Crippen LogP contribution in [-0.4, -0.2) is 72.1 Å². The van der Waals surface area contributed by atoms with Crippen LogP contribution < -0.4 is 5.32 Å². The third-order valence-corrected chi connectivity index (χ3v) is 2.84. The number of nitrogens with zero attached hydrogens (tertiary/aromatic N) is 2. The van der Waals surface area contributed by atoms with Gasteiger partial charge in [-0.3, -0.25) is 14.5 Å². The standard InChI is InChI=1S/C12H21N3O3/c1-3-4-13-12(18)9-14-5-6-15(10(2)16)8-11(17)7-14/h3,11,17H,1,4-9H2,2H3,(H,13,18). The highest BCUT2D eigenvalue weighted by molar-refractivity contribution is 5.78. The second-order valence-electron chi connectivity index (χ2n) is 4.45. The van der Waals surface area contributed by atoms with Crippen LogP contribution in [0.3, 0.4) is 0 Å². The lowest BCUT2D eigenvalue weighted by Crippen LogP contribution is -2.41. The van der Waals surface area contributed by atoms with Crippen molar-refractivity contribution < 1.29 is 14.7 Å². The van der Waals surface area contributed by atoms with Crippen molar-refractivity contribution in [3.8, 4) is 0 Å². The monoisotopic (exact) mass is 255 g/mol. The molecule has 0 radical (unpaired) electrons. The molecule has 0 bridgehead atoms. The Morgan fingerprint density at radius 2 is 2.17 bits per heavy atom. The van der Waals surface area contributed by atoms with E-state index in [1.807, 2.05) is 4.90 Å². The van der Waals surface area contributed by atoms with Gasteiger partial charge in [-0.1, -0.05) is 6.08 Å². The zero-order valence-corrected chi connectivity index (χ0v) is 10.8. The molecular formula is C12H21N3O3. The summed E-state index contributed by atoms with van der Waals surface area (Å²) in [6.45, 7) is 7.56. The molecule has 1 atom stereocenters. The first kappa shape index (κ1) is 14.7. The third kappa shape index (κ3) is 4.85. The van der Waals surface area contributed by atoms with Crippen LogP contribution in [-0.2, 0) is 9.59 Å². The van der Waals surface area contributed by atoms with Gasteiger partial charge in [-0.2, -0.15) is 0 Å². The Bertz CT molecular complexity index is 320. The zero-order valence-electron chi connectivity index (χ0n) is 10.8. The Morgan fingerprint density at radius 1 is 1.44 bits per heavy atom. The Kier molecular flexibility index (Phi) is 5.80. The third-order valence-electron chi connectivity index (χ3n) is 2.84. The van der Waals surface area contributed by atoms with E-state index in [1.54, 1.807) is 11.0 Å². The molecule has 1 aliphatic heterocycles. The number of carbonyl (C=O) groups excluding carboxylic acids is 2. The Morgan fingerprint density at radius 3 is 2.78 bits per heavy atom. The highest BCUT2D eigenvalue weighted by Crippen LogP contribution is 2.04. The molecule has 1 heterocycles. The smallest absolute Gasteiger partial charge is 0.234 e. The summed E-state index contributed by atoms with van der Waals surface area (Å²) in [7, 11) is 0. The largest absolute Gasteiger partial charge is 0.390 e. The maximum atomic E-state index is 11.5. The lowest BCUT2D eigenvalue weighted by atomic mass is 10.3. The molecular weight excluding hydrogens is 234 g/mol. The second kappa shape index (κ2) is 7.13. The molecule has 0 saturated carbocycles. The molecule has 0 spiro atoms. The van der Waals surface area contributed by atoms with Gasteiger partial charge < -0.3 is 15.3 Å². The van der Waals surface area contributed by atoms with Crippen molar-refractivity contribution >= 4 is 11.8 Å². The van der Waals surface area contributed by atoms with Crippen LogP contribution >= 0.6 is 0 Å². The normalized spacial score (nSPS) is 21.2. The Balaban J connectivity index is 2.45. The van der Waals surface area contributed by atoms with E-state index >= 15 is 0 Å². The first-order valence-corrected chi connectivity index (χ1v) is 6.06. The first-order valence-electron chi connectivity index (χ1n) is 6.06. The summed E-state index contributed by atoms with van der Waals surface area (Å²) >= 11 is 0.